The third kappa shape index (κ3) is 3.87. The average Bonchev–Trinajstić information content (AvgIpc) is 3.15. The van der Waals surface area contributed by atoms with Gasteiger partial charge < -0.3 is 15.1 Å². The second kappa shape index (κ2) is 7.23. The zero-order chi connectivity index (χ0) is 16.1. The van der Waals surface area contributed by atoms with E-state index in [2.05, 4.69) is 27.3 Å². The number of thiazole rings is 1. The Labute approximate surface area is 138 Å². The SMILES string of the molecule is O=C(NCC(=O)N1CCN(c2ccccc2)CC1)c1cscn1. The van der Waals surface area contributed by atoms with E-state index < -0.39 is 0 Å². The molecule has 2 aromatic rings. The molecule has 1 aliphatic rings. The number of nitrogens with one attached hydrogen (secondary N) is 1. The van der Waals surface area contributed by atoms with Crippen LogP contribution in [0.25, 0.3) is 0 Å². The fourth-order valence-corrected chi connectivity index (χ4v) is 3.07. The molecule has 6 nitrogen and oxygen atoms in total. The molecular weight excluding hydrogens is 312 g/mol. The number of hydrogen-bond acceptors (Lipinski definition) is 5. The van der Waals surface area contributed by atoms with Gasteiger partial charge in [0.2, 0.25) is 5.91 Å². The van der Waals surface area contributed by atoms with Gasteiger partial charge in [0.15, 0.2) is 0 Å². The second-order valence-corrected chi connectivity index (χ2v) is 5.98. The Morgan fingerprint density at radius 2 is 1.87 bits per heavy atom. The van der Waals surface area contributed by atoms with Crippen molar-refractivity contribution in [3.8, 4) is 0 Å². The highest BCUT2D eigenvalue weighted by molar-refractivity contribution is 7.07. The van der Waals surface area contributed by atoms with Crippen LogP contribution in [0.3, 0.4) is 0 Å². The molecule has 0 bridgehead atoms. The number of para-hydroxylation sites is 1. The molecule has 0 unspecified atom stereocenters. The van der Waals surface area contributed by atoms with E-state index in [0.717, 1.165) is 13.1 Å². The van der Waals surface area contributed by atoms with Crippen molar-refractivity contribution in [1.29, 1.82) is 0 Å². The zero-order valence-electron chi connectivity index (χ0n) is 12.6. The van der Waals surface area contributed by atoms with Crippen LogP contribution in [0, 0.1) is 0 Å². The number of rotatable bonds is 4. The summed E-state index contributed by atoms with van der Waals surface area (Å²) in [6.45, 7) is 2.95. The van der Waals surface area contributed by atoms with Crippen LogP contribution < -0.4 is 10.2 Å². The first-order valence-electron chi connectivity index (χ1n) is 7.48. The van der Waals surface area contributed by atoms with E-state index in [4.69, 9.17) is 0 Å². The fraction of sp³-hybridized carbons (Fsp3) is 0.312. The van der Waals surface area contributed by atoms with Crippen LogP contribution in [0.15, 0.2) is 41.2 Å². The molecule has 1 aromatic heterocycles. The lowest BCUT2D eigenvalue weighted by Gasteiger charge is -2.36. The largest absolute Gasteiger partial charge is 0.368 e. The zero-order valence-corrected chi connectivity index (χ0v) is 13.5. The third-order valence-electron chi connectivity index (χ3n) is 3.82. The number of aromatic nitrogens is 1. The van der Waals surface area contributed by atoms with Crippen molar-refractivity contribution >= 4 is 28.8 Å². The van der Waals surface area contributed by atoms with Gasteiger partial charge in [-0.25, -0.2) is 4.98 Å². The Morgan fingerprint density at radius 3 is 2.52 bits per heavy atom. The Bertz CT molecular complexity index is 652. The predicted octanol–water partition coefficient (Wildman–Crippen LogP) is 1.22. The minimum Gasteiger partial charge on any atom is -0.368 e. The summed E-state index contributed by atoms with van der Waals surface area (Å²) in [7, 11) is 0. The van der Waals surface area contributed by atoms with Gasteiger partial charge in [0.1, 0.15) is 5.69 Å². The molecule has 1 N–H and O–H groups in total. The van der Waals surface area contributed by atoms with Gasteiger partial charge in [0.05, 0.1) is 12.1 Å². The van der Waals surface area contributed by atoms with E-state index in [1.807, 2.05) is 18.2 Å². The maximum atomic E-state index is 12.2. The molecule has 2 heterocycles. The van der Waals surface area contributed by atoms with E-state index in [1.165, 1.54) is 17.0 Å². The van der Waals surface area contributed by atoms with Crippen LogP contribution in [0.5, 0.6) is 0 Å². The molecule has 120 valence electrons. The minimum atomic E-state index is -0.303. The lowest BCUT2D eigenvalue weighted by Crippen LogP contribution is -2.51. The first-order chi connectivity index (χ1) is 11.2. The summed E-state index contributed by atoms with van der Waals surface area (Å²) in [6.07, 6.45) is 0. The van der Waals surface area contributed by atoms with Crippen molar-refractivity contribution < 1.29 is 9.59 Å². The molecule has 0 aliphatic carbocycles. The minimum absolute atomic E-state index is 0.0156. The van der Waals surface area contributed by atoms with Crippen molar-refractivity contribution in [2.45, 2.75) is 0 Å². The van der Waals surface area contributed by atoms with Gasteiger partial charge in [-0.3, -0.25) is 9.59 Å². The highest BCUT2D eigenvalue weighted by Crippen LogP contribution is 2.15. The highest BCUT2D eigenvalue weighted by Gasteiger charge is 2.21. The van der Waals surface area contributed by atoms with Crippen LogP contribution in [-0.4, -0.2) is 54.4 Å². The van der Waals surface area contributed by atoms with Crippen molar-refractivity contribution in [3.05, 3.63) is 46.9 Å². The summed E-state index contributed by atoms with van der Waals surface area (Å²) in [5.74, 6) is -0.358. The quantitative estimate of drug-likeness (QED) is 0.915. The van der Waals surface area contributed by atoms with Crippen LogP contribution in [0.4, 0.5) is 5.69 Å². The van der Waals surface area contributed by atoms with Crippen molar-refractivity contribution in [2.24, 2.45) is 0 Å². The number of piperazine rings is 1. The summed E-state index contributed by atoms with van der Waals surface area (Å²) >= 11 is 1.36. The normalized spacial score (nSPS) is 14.6. The van der Waals surface area contributed by atoms with E-state index in [0.29, 0.717) is 18.8 Å². The first-order valence-corrected chi connectivity index (χ1v) is 8.42. The highest BCUT2D eigenvalue weighted by atomic mass is 32.1. The smallest absolute Gasteiger partial charge is 0.271 e. The molecule has 23 heavy (non-hydrogen) atoms. The summed E-state index contributed by atoms with van der Waals surface area (Å²) in [6, 6.07) is 10.2. The van der Waals surface area contributed by atoms with E-state index >= 15 is 0 Å². The Balaban J connectivity index is 1.46. The maximum Gasteiger partial charge on any atom is 0.271 e. The summed E-state index contributed by atoms with van der Waals surface area (Å²) < 4.78 is 0. The van der Waals surface area contributed by atoms with Gasteiger partial charge in [0.25, 0.3) is 5.91 Å². The lowest BCUT2D eigenvalue weighted by atomic mass is 10.2. The number of nitrogens with zero attached hydrogens (tertiary/aromatic N) is 3. The van der Waals surface area contributed by atoms with E-state index in [1.54, 1.807) is 15.8 Å². The molecular formula is C16H18N4O2S. The molecule has 1 saturated heterocycles. The van der Waals surface area contributed by atoms with Gasteiger partial charge in [-0.1, -0.05) is 18.2 Å². The number of anilines is 1. The monoisotopic (exact) mass is 330 g/mol. The van der Waals surface area contributed by atoms with Crippen molar-refractivity contribution in [1.82, 2.24) is 15.2 Å². The average molecular weight is 330 g/mol. The molecule has 1 fully saturated rings. The topological polar surface area (TPSA) is 65.5 Å². The lowest BCUT2D eigenvalue weighted by molar-refractivity contribution is -0.130. The molecule has 1 aliphatic heterocycles. The van der Waals surface area contributed by atoms with Crippen LogP contribution in [-0.2, 0) is 4.79 Å². The Hall–Kier alpha value is -2.41. The molecule has 0 saturated carbocycles. The number of carbonyl (C=O) groups is 2. The van der Waals surface area contributed by atoms with Gasteiger partial charge in [-0.05, 0) is 12.1 Å². The van der Waals surface area contributed by atoms with Crippen molar-refractivity contribution in [3.63, 3.8) is 0 Å². The van der Waals surface area contributed by atoms with Crippen LogP contribution in [0.1, 0.15) is 10.5 Å². The fourth-order valence-electron chi connectivity index (χ4n) is 2.54. The Morgan fingerprint density at radius 1 is 1.13 bits per heavy atom. The molecule has 0 radical (unpaired) electrons. The molecule has 3 rings (SSSR count). The van der Waals surface area contributed by atoms with E-state index in [9.17, 15) is 9.59 Å². The van der Waals surface area contributed by atoms with Crippen LogP contribution in [0.2, 0.25) is 0 Å². The van der Waals surface area contributed by atoms with Gasteiger partial charge in [-0.2, -0.15) is 0 Å². The first kappa shape index (κ1) is 15.5. The molecule has 0 atom stereocenters. The van der Waals surface area contributed by atoms with Crippen LogP contribution >= 0.6 is 11.3 Å². The molecule has 1 aromatic carbocycles. The second-order valence-electron chi connectivity index (χ2n) is 5.26. The van der Waals surface area contributed by atoms with Gasteiger partial charge in [-0.15, -0.1) is 11.3 Å². The Kier molecular flexibility index (Phi) is 4.87. The number of amides is 2. The standard InChI is InChI=1S/C16H18N4O2S/c21-15(10-17-16(22)14-11-23-12-18-14)20-8-6-19(7-9-20)13-4-2-1-3-5-13/h1-5,11-12H,6-10H2,(H,17,22). The molecule has 0 spiro atoms. The molecule has 2 amide bonds. The van der Waals surface area contributed by atoms with E-state index in [-0.39, 0.29) is 18.4 Å². The summed E-state index contributed by atoms with van der Waals surface area (Å²) in [4.78, 5) is 32.0. The predicted molar refractivity (Wildman–Crippen MR) is 89.7 cm³/mol. The maximum absolute atomic E-state index is 12.2. The number of hydrogen-bond donors (Lipinski definition) is 1. The third-order valence-corrected chi connectivity index (χ3v) is 4.41. The van der Waals surface area contributed by atoms with Gasteiger partial charge >= 0.3 is 0 Å². The van der Waals surface area contributed by atoms with Gasteiger partial charge in [0, 0.05) is 37.2 Å². The summed E-state index contributed by atoms with van der Waals surface area (Å²) in [5, 5.41) is 4.29. The number of carbonyl (C=O) groups excluding carboxylic acids is 2. The molecule has 7 heteroatoms. The van der Waals surface area contributed by atoms with Crippen molar-refractivity contribution in [2.75, 3.05) is 37.6 Å². The number of benzene rings is 1. The summed E-state index contributed by atoms with van der Waals surface area (Å²) in [5.41, 5.74) is 3.13.